The maximum atomic E-state index is 15.0. The Hall–Kier alpha value is -3.74. The zero-order chi connectivity index (χ0) is 32.5. The van der Waals surface area contributed by atoms with E-state index in [-0.39, 0.29) is 40.4 Å². The predicted molar refractivity (Wildman–Crippen MR) is 171 cm³/mol. The first-order valence-electron chi connectivity index (χ1n) is 15.6. The number of carbonyl (C=O) groups excluding carboxylic acids is 3. The Morgan fingerprint density at radius 1 is 1.18 bits per heavy atom. The number of carbonyl (C=O) groups is 3. The van der Waals surface area contributed by atoms with E-state index in [9.17, 15) is 19.6 Å². The fourth-order valence-corrected chi connectivity index (χ4v) is 7.25. The second kappa shape index (κ2) is 12.9. The highest BCUT2D eigenvalue weighted by Crippen LogP contribution is 2.73. The summed E-state index contributed by atoms with van der Waals surface area (Å²) in [5.74, 6) is -3.05. The lowest BCUT2D eigenvalue weighted by atomic mass is 9.67. The molecule has 2 aliphatic carbocycles. The molecule has 0 radical (unpaired) electrons. The lowest BCUT2D eigenvalue weighted by Crippen LogP contribution is -2.45. The zero-order valence-corrected chi connectivity index (χ0v) is 27.0. The monoisotopic (exact) mass is 634 g/mol. The molecule has 1 saturated heterocycles. The number of unbranched alkanes of at least 4 members (excludes halogenated alkanes) is 2. The molecule has 2 fully saturated rings. The molecule has 1 aliphatic heterocycles. The fraction of sp³-hybridized carbons (Fsp3) is 0.486. The van der Waals surface area contributed by atoms with E-state index in [1.807, 2.05) is 33.8 Å². The minimum Gasteiger partial charge on any atom is -0.385 e. The first-order chi connectivity index (χ1) is 21.4. The number of benzene rings is 2. The standard InChI is InChI=1S/C35H40ClFN4O4/c1-5-45-16-8-6-7-15-39-22-10-12-24(28(37)17-22)31(42)40-20-34(2,3)29-30(35(4)25-13-14-26(25)35)33(44)41(32(29)43)23-11-9-21(19-38)27(36)18-23/h9-13,17-18,26,29-30,39H,5-8,14-16,20H2,1-4H3,(H,40,42)/t26?,29?,30-,35?/m0/s1. The first kappa shape index (κ1) is 32.6. The third-order valence-electron chi connectivity index (χ3n) is 9.75. The number of fused-ring (bicyclic) bond motifs is 1. The quantitative estimate of drug-likeness (QED) is 0.139. The van der Waals surface area contributed by atoms with Crippen molar-refractivity contribution in [2.75, 3.05) is 36.5 Å². The molecule has 5 rings (SSSR count). The summed E-state index contributed by atoms with van der Waals surface area (Å²) in [5.41, 5.74) is 0.956. The van der Waals surface area contributed by atoms with Crippen molar-refractivity contribution in [1.82, 2.24) is 5.32 Å². The molecule has 8 nitrogen and oxygen atoms in total. The molecule has 1 saturated carbocycles. The summed E-state index contributed by atoms with van der Waals surface area (Å²) in [6.45, 7) is 9.89. The number of anilines is 2. The molecule has 4 atom stereocenters. The summed E-state index contributed by atoms with van der Waals surface area (Å²) in [7, 11) is 0. The minimum atomic E-state index is -0.857. The zero-order valence-electron chi connectivity index (χ0n) is 26.2. The topological polar surface area (TPSA) is 112 Å². The Kier molecular flexibility index (Phi) is 9.39. The predicted octanol–water partition coefficient (Wildman–Crippen LogP) is 6.50. The van der Waals surface area contributed by atoms with Crippen LogP contribution >= 0.6 is 11.6 Å². The molecule has 1 heterocycles. The first-order valence-corrected chi connectivity index (χ1v) is 16.0. The smallest absolute Gasteiger partial charge is 0.254 e. The number of nitrogens with one attached hydrogen (secondary N) is 2. The molecule has 45 heavy (non-hydrogen) atoms. The number of halogens is 2. The van der Waals surface area contributed by atoms with E-state index in [0.717, 1.165) is 32.3 Å². The van der Waals surface area contributed by atoms with Crippen LogP contribution in [0.1, 0.15) is 69.3 Å². The number of nitrogens with zero attached hydrogens (tertiary/aromatic N) is 2. The number of ether oxygens (including phenoxy) is 1. The number of rotatable bonds is 14. The van der Waals surface area contributed by atoms with Crippen LogP contribution in [0.3, 0.4) is 0 Å². The van der Waals surface area contributed by atoms with Crippen LogP contribution in [0.15, 0.2) is 48.0 Å². The van der Waals surface area contributed by atoms with Crippen molar-refractivity contribution in [2.24, 2.45) is 28.6 Å². The molecular weight excluding hydrogens is 595 g/mol. The summed E-state index contributed by atoms with van der Waals surface area (Å²) in [6, 6.07) is 11.0. The van der Waals surface area contributed by atoms with Crippen molar-refractivity contribution in [2.45, 2.75) is 53.4 Å². The van der Waals surface area contributed by atoms with E-state index in [1.54, 1.807) is 12.1 Å². The number of nitriles is 1. The van der Waals surface area contributed by atoms with Crippen molar-refractivity contribution < 1.29 is 23.5 Å². The molecular formula is C35H40ClFN4O4. The van der Waals surface area contributed by atoms with E-state index in [0.29, 0.717) is 24.5 Å². The molecule has 3 unspecified atom stereocenters. The number of hydrogen-bond acceptors (Lipinski definition) is 6. The molecule has 2 N–H and O–H groups in total. The number of allylic oxidation sites excluding steroid dienone is 2. The van der Waals surface area contributed by atoms with Gasteiger partial charge < -0.3 is 15.4 Å². The fourth-order valence-electron chi connectivity index (χ4n) is 7.03. The SMILES string of the molecule is CCOCCCCCNc1ccc(C(=O)NCC(C)(C)C2C(=O)N(c3ccc(C#N)c(Cl)c3)C(=O)[C@H]2C2(C)C3=CCC32)c(F)c1. The second-order valence-corrected chi connectivity index (χ2v) is 13.4. The summed E-state index contributed by atoms with van der Waals surface area (Å²) < 4.78 is 20.4. The summed E-state index contributed by atoms with van der Waals surface area (Å²) in [6.07, 6.45) is 5.88. The van der Waals surface area contributed by atoms with Crippen LogP contribution in [0.2, 0.25) is 5.02 Å². The molecule has 238 valence electrons. The van der Waals surface area contributed by atoms with Crippen LogP contribution in [0, 0.1) is 45.7 Å². The highest BCUT2D eigenvalue weighted by Gasteiger charge is 2.72. The molecule has 3 aliphatic rings. The van der Waals surface area contributed by atoms with Crippen LogP contribution in [-0.2, 0) is 14.3 Å². The van der Waals surface area contributed by atoms with Gasteiger partial charge in [0.15, 0.2) is 0 Å². The Morgan fingerprint density at radius 2 is 1.93 bits per heavy atom. The van der Waals surface area contributed by atoms with Crippen molar-refractivity contribution in [3.8, 4) is 6.07 Å². The normalized spacial score (nSPS) is 23.6. The average molecular weight is 635 g/mol. The molecule has 0 bridgehead atoms. The van der Waals surface area contributed by atoms with Gasteiger partial charge in [-0.25, -0.2) is 9.29 Å². The number of imide groups is 1. The molecule has 0 aromatic heterocycles. The van der Waals surface area contributed by atoms with Gasteiger partial charge >= 0.3 is 0 Å². The van der Waals surface area contributed by atoms with E-state index >= 15 is 4.39 Å². The third kappa shape index (κ3) is 6.10. The molecule has 10 heteroatoms. The van der Waals surface area contributed by atoms with E-state index in [1.165, 1.54) is 34.7 Å². The van der Waals surface area contributed by atoms with Gasteiger partial charge in [-0.3, -0.25) is 14.4 Å². The molecule has 0 spiro atoms. The second-order valence-electron chi connectivity index (χ2n) is 13.0. The van der Waals surface area contributed by atoms with Crippen LogP contribution in [0.4, 0.5) is 15.8 Å². The van der Waals surface area contributed by atoms with Gasteiger partial charge in [-0.15, -0.1) is 0 Å². The van der Waals surface area contributed by atoms with E-state index in [4.69, 9.17) is 16.3 Å². The maximum Gasteiger partial charge on any atom is 0.254 e. The van der Waals surface area contributed by atoms with Gasteiger partial charge in [0, 0.05) is 37.4 Å². The lowest BCUT2D eigenvalue weighted by Gasteiger charge is -2.35. The molecule has 2 aromatic carbocycles. The van der Waals surface area contributed by atoms with Crippen molar-refractivity contribution in [3.63, 3.8) is 0 Å². The van der Waals surface area contributed by atoms with Gasteiger partial charge in [0.1, 0.15) is 11.9 Å². The van der Waals surface area contributed by atoms with E-state index < -0.39 is 34.4 Å². The highest BCUT2D eigenvalue weighted by molar-refractivity contribution is 6.32. The Morgan fingerprint density at radius 3 is 2.56 bits per heavy atom. The van der Waals surface area contributed by atoms with Crippen LogP contribution in [0.5, 0.6) is 0 Å². The number of amides is 3. The lowest BCUT2D eigenvalue weighted by molar-refractivity contribution is -0.126. The minimum absolute atomic E-state index is 0.0506. The van der Waals surface area contributed by atoms with Crippen molar-refractivity contribution in [3.05, 3.63) is 70.0 Å². The Labute approximate surface area is 268 Å². The summed E-state index contributed by atoms with van der Waals surface area (Å²) in [4.78, 5) is 42.5. The van der Waals surface area contributed by atoms with Gasteiger partial charge in [-0.05, 0) is 80.3 Å². The van der Waals surface area contributed by atoms with Crippen molar-refractivity contribution >= 4 is 40.7 Å². The third-order valence-corrected chi connectivity index (χ3v) is 10.1. The summed E-state index contributed by atoms with van der Waals surface area (Å²) >= 11 is 6.28. The van der Waals surface area contributed by atoms with Crippen LogP contribution in [-0.4, -0.2) is 44.0 Å². The number of hydrogen-bond donors (Lipinski definition) is 2. The van der Waals surface area contributed by atoms with Gasteiger partial charge in [0.2, 0.25) is 11.8 Å². The van der Waals surface area contributed by atoms with E-state index in [2.05, 4.69) is 16.7 Å². The Bertz CT molecular complexity index is 1580. The Balaban J connectivity index is 1.28. The van der Waals surface area contributed by atoms with Crippen LogP contribution < -0.4 is 15.5 Å². The van der Waals surface area contributed by atoms with Gasteiger partial charge in [-0.2, -0.15) is 5.26 Å². The average Bonchev–Trinajstić information content (AvgIpc) is 3.24. The van der Waals surface area contributed by atoms with Gasteiger partial charge in [0.05, 0.1) is 33.7 Å². The molecule has 3 amide bonds. The van der Waals surface area contributed by atoms with Gasteiger partial charge in [0.25, 0.3) is 5.91 Å². The van der Waals surface area contributed by atoms with Gasteiger partial charge in [-0.1, -0.05) is 44.0 Å². The highest BCUT2D eigenvalue weighted by atomic mass is 35.5. The summed E-state index contributed by atoms with van der Waals surface area (Å²) in [5, 5.41) is 15.5. The van der Waals surface area contributed by atoms with Crippen LogP contribution in [0.25, 0.3) is 0 Å². The van der Waals surface area contributed by atoms with Crippen molar-refractivity contribution in [1.29, 1.82) is 5.26 Å². The maximum absolute atomic E-state index is 15.0. The largest absolute Gasteiger partial charge is 0.385 e. The molecule has 2 aromatic rings.